The predicted octanol–water partition coefficient (Wildman–Crippen LogP) is 5.06. The summed E-state index contributed by atoms with van der Waals surface area (Å²) in [5.74, 6) is 0.502. The maximum absolute atomic E-state index is 11.1. The van der Waals surface area contributed by atoms with Crippen molar-refractivity contribution in [3.8, 4) is 5.69 Å². The number of aldehydes is 1. The van der Waals surface area contributed by atoms with Crippen molar-refractivity contribution in [2.45, 2.75) is 50.9 Å². The maximum Gasteiger partial charge on any atom is 0.163 e. The second-order valence-corrected chi connectivity index (χ2v) is 6.93. The van der Waals surface area contributed by atoms with Gasteiger partial charge < -0.3 is 0 Å². The summed E-state index contributed by atoms with van der Waals surface area (Å²) in [5, 5.41) is 6.11. The molecular weight excluding hydrogens is 310 g/mol. The smallest absolute Gasteiger partial charge is 0.163 e. The first-order valence-electron chi connectivity index (χ1n) is 9.26. The topological polar surface area (TPSA) is 47.8 Å². The van der Waals surface area contributed by atoms with Crippen LogP contribution < -0.4 is 0 Å². The standard InChI is InChI=1S/C21H23N3O/c25-15-16-8-6-11-18(14-16)24-21-19(12-7-13-22-21)20(23-24)17-9-4-2-1-3-5-10-17/h6-8,11-15,17H,1-5,9-10H2. The highest BCUT2D eigenvalue weighted by Gasteiger charge is 2.21. The van der Waals surface area contributed by atoms with E-state index in [1.165, 1.54) is 50.6 Å². The minimum atomic E-state index is 0.502. The SMILES string of the molecule is O=Cc1cccc(-n2nc(C3CCCCCCC3)c3cccnc32)c1. The number of rotatable bonds is 3. The Morgan fingerprint density at radius 3 is 2.60 bits per heavy atom. The van der Waals surface area contributed by atoms with Crippen LogP contribution in [-0.4, -0.2) is 21.1 Å². The molecule has 4 nitrogen and oxygen atoms in total. The van der Waals surface area contributed by atoms with Crippen LogP contribution in [0.15, 0.2) is 42.6 Å². The molecule has 4 rings (SSSR count). The third-order valence-corrected chi connectivity index (χ3v) is 5.21. The van der Waals surface area contributed by atoms with Gasteiger partial charge in [-0.2, -0.15) is 5.10 Å². The lowest BCUT2D eigenvalue weighted by atomic mass is 9.88. The van der Waals surface area contributed by atoms with E-state index < -0.39 is 0 Å². The van der Waals surface area contributed by atoms with E-state index in [1.807, 2.05) is 41.2 Å². The third kappa shape index (κ3) is 3.21. The molecule has 1 aromatic carbocycles. The molecule has 0 radical (unpaired) electrons. The zero-order valence-corrected chi connectivity index (χ0v) is 14.4. The molecule has 0 N–H and O–H groups in total. The molecule has 0 aliphatic heterocycles. The van der Waals surface area contributed by atoms with Gasteiger partial charge in [0.15, 0.2) is 5.65 Å². The van der Waals surface area contributed by atoms with Gasteiger partial charge in [0, 0.05) is 23.1 Å². The van der Waals surface area contributed by atoms with Crippen molar-refractivity contribution in [3.05, 3.63) is 53.9 Å². The van der Waals surface area contributed by atoms with Crippen molar-refractivity contribution in [2.75, 3.05) is 0 Å². The molecule has 2 aromatic heterocycles. The fourth-order valence-electron chi connectivity index (χ4n) is 3.92. The molecule has 0 atom stereocenters. The fraction of sp³-hybridized carbons (Fsp3) is 0.381. The number of carbonyl (C=O) groups excluding carboxylic acids is 1. The van der Waals surface area contributed by atoms with Gasteiger partial charge in [0.1, 0.15) is 6.29 Å². The summed E-state index contributed by atoms with van der Waals surface area (Å²) in [4.78, 5) is 15.7. The lowest BCUT2D eigenvalue weighted by molar-refractivity contribution is 0.112. The summed E-state index contributed by atoms with van der Waals surface area (Å²) in [6.45, 7) is 0. The molecule has 0 spiro atoms. The molecule has 1 fully saturated rings. The first-order chi connectivity index (χ1) is 12.4. The lowest BCUT2D eigenvalue weighted by Crippen LogP contribution is -2.05. The van der Waals surface area contributed by atoms with E-state index in [2.05, 4.69) is 11.1 Å². The Labute approximate surface area is 147 Å². The molecule has 25 heavy (non-hydrogen) atoms. The Kier molecular flexibility index (Phi) is 4.59. The Morgan fingerprint density at radius 2 is 1.80 bits per heavy atom. The Bertz CT molecular complexity index is 876. The van der Waals surface area contributed by atoms with Crippen LogP contribution in [0.1, 0.15) is 66.9 Å². The van der Waals surface area contributed by atoms with Crippen molar-refractivity contribution in [2.24, 2.45) is 0 Å². The van der Waals surface area contributed by atoms with Gasteiger partial charge in [-0.3, -0.25) is 4.79 Å². The first-order valence-corrected chi connectivity index (χ1v) is 9.26. The summed E-state index contributed by atoms with van der Waals surface area (Å²) in [6.07, 6.45) is 11.7. The minimum absolute atomic E-state index is 0.502. The van der Waals surface area contributed by atoms with Crippen LogP contribution in [0, 0.1) is 0 Å². The summed E-state index contributed by atoms with van der Waals surface area (Å²) in [5.41, 5.74) is 3.60. The zero-order chi connectivity index (χ0) is 17.1. The van der Waals surface area contributed by atoms with E-state index >= 15 is 0 Å². The van der Waals surface area contributed by atoms with Crippen molar-refractivity contribution in [3.63, 3.8) is 0 Å². The molecule has 128 valence electrons. The minimum Gasteiger partial charge on any atom is -0.298 e. The normalized spacial score (nSPS) is 16.5. The van der Waals surface area contributed by atoms with Crippen LogP contribution in [0.5, 0.6) is 0 Å². The Hall–Kier alpha value is -2.49. The molecule has 2 heterocycles. The summed E-state index contributed by atoms with van der Waals surface area (Å²) >= 11 is 0. The Balaban J connectivity index is 1.81. The number of pyridine rings is 1. The van der Waals surface area contributed by atoms with Gasteiger partial charge >= 0.3 is 0 Å². The van der Waals surface area contributed by atoms with Crippen LogP contribution >= 0.6 is 0 Å². The lowest BCUT2D eigenvalue weighted by Gasteiger charge is -2.18. The van der Waals surface area contributed by atoms with Gasteiger partial charge in [0.2, 0.25) is 0 Å². The average Bonchev–Trinajstić information content (AvgIpc) is 3.01. The molecule has 3 aromatic rings. The number of nitrogens with zero attached hydrogens (tertiary/aromatic N) is 3. The van der Waals surface area contributed by atoms with Crippen LogP contribution in [0.25, 0.3) is 16.7 Å². The number of aromatic nitrogens is 3. The van der Waals surface area contributed by atoms with Crippen LogP contribution in [0.3, 0.4) is 0 Å². The van der Waals surface area contributed by atoms with Gasteiger partial charge in [0.05, 0.1) is 11.4 Å². The highest BCUT2D eigenvalue weighted by molar-refractivity contribution is 5.81. The number of carbonyl (C=O) groups is 1. The molecule has 1 saturated carbocycles. The van der Waals surface area contributed by atoms with Gasteiger partial charge in [-0.1, -0.05) is 44.2 Å². The predicted molar refractivity (Wildman–Crippen MR) is 99.3 cm³/mol. The largest absolute Gasteiger partial charge is 0.298 e. The van der Waals surface area contributed by atoms with Crippen LogP contribution in [-0.2, 0) is 0 Å². The van der Waals surface area contributed by atoms with Gasteiger partial charge in [-0.25, -0.2) is 9.67 Å². The molecule has 1 aliphatic carbocycles. The van der Waals surface area contributed by atoms with Crippen molar-refractivity contribution in [1.29, 1.82) is 0 Å². The monoisotopic (exact) mass is 333 g/mol. The zero-order valence-electron chi connectivity index (χ0n) is 14.4. The summed E-state index contributed by atoms with van der Waals surface area (Å²) in [6, 6.07) is 11.7. The molecule has 0 bridgehead atoms. The number of benzene rings is 1. The van der Waals surface area contributed by atoms with Gasteiger partial charge in [-0.15, -0.1) is 0 Å². The highest BCUT2D eigenvalue weighted by atomic mass is 16.1. The number of hydrogen-bond donors (Lipinski definition) is 0. The van der Waals surface area contributed by atoms with Crippen LogP contribution in [0.2, 0.25) is 0 Å². The summed E-state index contributed by atoms with van der Waals surface area (Å²) < 4.78 is 1.90. The molecule has 0 amide bonds. The van der Waals surface area contributed by atoms with E-state index in [0.717, 1.165) is 23.0 Å². The Morgan fingerprint density at radius 1 is 1.00 bits per heavy atom. The number of hydrogen-bond acceptors (Lipinski definition) is 3. The third-order valence-electron chi connectivity index (χ3n) is 5.21. The molecule has 1 aliphatic rings. The van der Waals surface area contributed by atoms with E-state index in [4.69, 9.17) is 5.10 Å². The van der Waals surface area contributed by atoms with Crippen molar-refractivity contribution < 1.29 is 4.79 Å². The number of fused-ring (bicyclic) bond motifs is 1. The van der Waals surface area contributed by atoms with Gasteiger partial charge in [-0.05, 0) is 37.1 Å². The van der Waals surface area contributed by atoms with E-state index in [1.54, 1.807) is 0 Å². The second kappa shape index (κ2) is 7.18. The van der Waals surface area contributed by atoms with Gasteiger partial charge in [0.25, 0.3) is 0 Å². The molecule has 4 heteroatoms. The fourth-order valence-corrected chi connectivity index (χ4v) is 3.92. The van der Waals surface area contributed by atoms with Crippen molar-refractivity contribution >= 4 is 17.3 Å². The second-order valence-electron chi connectivity index (χ2n) is 6.93. The van der Waals surface area contributed by atoms with E-state index in [0.29, 0.717) is 11.5 Å². The average molecular weight is 333 g/mol. The molecular formula is C21H23N3O. The van der Waals surface area contributed by atoms with E-state index in [-0.39, 0.29) is 0 Å². The van der Waals surface area contributed by atoms with E-state index in [9.17, 15) is 4.79 Å². The highest BCUT2D eigenvalue weighted by Crippen LogP contribution is 2.34. The first kappa shape index (κ1) is 16.0. The summed E-state index contributed by atoms with van der Waals surface area (Å²) in [7, 11) is 0. The van der Waals surface area contributed by atoms with Crippen LogP contribution in [0.4, 0.5) is 0 Å². The molecule has 0 saturated heterocycles. The van der Waals surface area contributed by atoms with Crippen molar-refractivity contribution in [1.82, 2.24) is 14.8 Å². The maximum atomic E-state index is 11.1. The molecule has 0 unspecified atom stereocenters. The quantitative estimate of drug-likeness (QED) is 0.629.